The van der Waals surface area contributed by atoms with Gasteiger partial charge in [0.25, 0.3) is 0 Å². The number of fused-ring (bicyclic) bond motifs is 1. The first-order valence-electron chi connectivity index (χ1n) is 6.85. The van der Waals surface area contributed by atoms with E-state index >= 15 is 0 Å². The highest BCUT2D eigenvalue weighted by Crippen LogP contribution is 2.31. The predicted molar refractivity (Wildman–Crippen MR) is 84.3 cm³/mol. The van der Waals surface area contributed by atoms with Crippen molar-refractivity contribution in [3.8, 4) is 0 Å². The molecule has 0 spiro atoms. The number of thioether (sulfide) groups is 1. The van der Waals surface area contributed by atoms with Crippen LogP contribution >= 0.6 is 11.8 Å². The normalized spacial score (nSPS) is 20.4. The summed E-state index contributed by atoms with van der Waals surface area (Å²) in [6, 6.07) is 7.91. The largest absolute Gasteiger partial charge is 0.387 e. The number of benzene rings is 1. The summed E-state index contributed by atoms with van der Waals surface area (Å²) < 4.78 is 0. The number of aliphatic hydroxyl groups is 1. The second kappa shape index (κ2) is 6.50. The van der Waals surface area contributed by atoms with Gasteiger partial charge in [-0.25, -0.2) is 0 Å². The van der Waals surface area contributed by atoms with Crippen molar-refractivity contribution in [1.82, 2.24) is 5.32 Å². The molecule has 5 heteroatoms. The van der Waals surface area contributed by atoms with Crippen LogP contribution < -0.4 is 10.6 Å². The van der Waals surface area contributed by atoms with E-state index in [1.54, 1.807) is 18.7 Å². The summed E-state index contributed by atoms with van der Waals surface area (Å²) in [7, 11) is 0. The third-order valence-corrected chi connectivity index (χ3v) is 4.41. The number of nitrogens with one attached hydrogen (secondary N) is 2. The molecular formula is C15H22N2O2S. The molecule has 1 aromatic carbocycles. The van der Waals surface area contributed by atoms with Gasteiger partial charge in [-0.1, -0.05) is 18.2 Å². The smallest absolute Gasteiger partial charge is 0.227 e. The van der Waals surface area contributed by atoms with Gasteiger partial charge in [0, 0.05) is 24.5 Å². The Morgan fingerprint density at radius 2 is 2.30 bits per heavy atom. The van der Waals surface area contributed by atoms with Crippen LogP contribution in [0.1, 0.15) is 24.8 Å². The first kappa shape index (κ1) is 15.2. The summed E-state index contributed by atoms with van der Waals surface area (Å²) in [4.78, 5) is 12.4. The standard InChI is InChI=1S/C15H22N2O2S/c1-15(19,10-20-2)9-17-14(18)12-7-8-16-13-6-4-3-5-11(12)13/h3-6,12,16,19H,7-10H2,1-2H3,(H,17,18). The number of hydrogen-bond acceptors (Lipinski definition) is 4. The molecule has 4 nitrogen and oxygen atoms in total. The highest BCUT2D eigenvalue weighted by atomic mass is 32.2. The second-order valence-electron chi connectivity index (χ2n) is 5.50. The Balaban J connectivity index is 2.01. The van der Waals surface area contributed by atoms with Crippen LogP contribution in [0.2, 0.25) is 0 Å². The molecule has 1 aromatic rings. The van der Waals surface area contributed by atoms with E-state index in [-0.39, 0.29) is 11.8 Å². The van der Waals surface area contributed by atoms with Gasteiger partial charge in [0.2, 0.25) is 5.91 Å². The van der Waals surface area contributed by atoms with Crippen LogP contribution in [0, 0.1) is 0 Å². The average molecular weight is 294 g/mol. The number of carbonyl (C=O) groups is 1. The molecule has 0 aliphatic carbocycles. The minimum Gasteiger partial charge on any atom is -0.387 e. The minimum absolute atomic E-state index is 0.000304. The predicted octanol–water partition coefficient (Wildman–Crippen LogP) is 1.82. The van der Waals surface area contributed by atoms with Crippen molar-refractivity contribution < 1.29 is 9.90 Å². The zero-order valence-corrected chi connectivity index (χ0v) is 12.8. The van der Waals surface area contributed by atoms with Crippen LogP contribution in [0.5, 0.6) is 0 Å². The van der Waals surface area contributed by atoms with E-state index < -0.39 is 5.60 Å². The molecule has 1 aliphatic rings. The monoisotopic (exact) mass is 294 g/mol. The fourth-order valence-corrected chi connectivity index (χ4v) is 3.23. The fraction of sp³-hybridized carbons (Fsp3) is 0.533. The van der Waals surface area contributed by atoms with Gasteiger partial charge in [0.15, 0.2) is 0 Å². The molecule has 0 saturated heterocycles. The molecule has 0 fully saturated rings. The number of carbonyl (C=O) groups excluding carboxylic acids is 1. The SMILES string of the molecule is CSCC(C)(O)CNC(=O)C1CCNc2ccccc21. The van der Waals surface area contributed by atoms with Gasteiger partial charge in [0.05, 0.1) is 11.5 Å². The summed E-state index contributed by atoms with van der Waals surface area (Å²) >= 11 is 1.57. The molecule has 1 heterocycles. The van der Waals surface area contributed by atoms with Crippen LogP contribution in [0.25, 0.3) is 0 Å². The van der Waals surface area contributed by atoms with E-state index in [0.29, 0.717) is 12.3 Å². The van der Waals surface area contributed by atoms with E-state index in [4.69, 9.17) is 0 Å². The van der Waals surface area contributed by atoms with Crippen LogP contribution in [-0.4, -0.2) is 41.7 Å². The Hall–Kier alpha value is -1.20. The third kappa shape index (κ3) is 3.67. The molecule has 1 aliphatic heterocycles. The molecule has 110 valence electrons. The van der Waals surface area contributed by atoms with Crippen LogP contribution in [-0.2, 0) is 4.79 Å². The van der Waals surface area contributed by atoms with Crippen molar-refractivity contribution in [2.24, 2.45) is 0 Å². The zero-order valence-electron chi connectivity index (χ0n) is 12.0. The van der Waals surface area contributed by atoms with Gasteiger partial charge in [0.1, 0.15) is 0 Å². The number of rotatable bonds is 5. The molecule has 0 radical (unpaired) electrons. The van der Waals surface area contributed by atoms with Gasteiger partial charge in [-0.15, -0.1) is 0 Å². The molecule has 0 saturated carbocycles. The van der Waals surface area contributed by atoms with Crippen LogP contribution in [0.4, 0.5) is 5.69 Å². The first-order chi connectivity index (χ1) is 9.53. The molecule has 0 bridgehead atoms. The highest BCUT2D eigenvalue weighted by Gasteiger charge is 2.28. The van der Waals surface area contributed by atoms with Gasteiger partial charge in [-0.2, -0.15) is 11.8 Å². The van der Waals surface area contributed by atoms with Crippen molar-refractivity contribution in [1.29, 1.82) is 0 Å². The van der Waals surface area contributed by atoms with E-state index in [1.807, 2.05) is 30.5 Å². The van der Waals surface area contributed by atoms with E-state index in [9.17, 15) is 9.90 Å². The molecule has 3 N–H and O–H groups in total. The van der Waals surface area contributed by atoms with Gasteiger partial charge >= 0.3 is 0 Å². The Kier molecular flexibility index (Phi) is 4.94. The maximum absolute atomic E-state index is 12.4. The summed E-state index contributed by atoms with van der Waals surface area (Å²) in [5.74, 6) is 0.480. The molecular weight excluding hydrogens is 272 g/mol. The Morgan fingerprint density at radius 1 is 1.55 bits per heavy atom. The van der Waals surface area contributed by atoms with Gasteiger partial charge in [-0.05, 0) is 31.2 Å². The molecule has 2 atom stereocenters. The van der Waals surface area contributed by atoms with Crippen molar-refractivity contribution in [3.05, 3.63) is 29.8 Å². The Labute approximate surface area is 124 Å². The van der Waals surface area contributed by atoms with Crippen LogP contribution in [0.15, 0.2) is 24.3 Å². The summed E-state index contributed by atoms with van der Waals surface area (Å²) in [6.07, 6.45) is 2.73. The quantitative estimate of drug-likeness (QED) is 0.775. The lowest BCUT2D eigenvalue weighted by atomic mass is 9.90. The Bertz CT molecular complexity index is 477. The summed E-state index contributed by atoms with van der Waals surface area (Å²) in [5, 5.41) is 16.3. The molecule has 20 heavy (non-hydrogen) atoms. The molecule has 2 rings (SSSR count). The van der Waals surface area contributed by atoms with Crippen molar-refractivity contribution in [2.75, 3.05) is 30.4 Å². The number of hydrogen-bond donors (Lipinski definition) is 3. The van der Waals surface area contributed by atoms with Gasteiger partial charge < -0.3 is 15.7 Å². The van der Waals surface area contributed by atoms with E-state index in [0.717, 1.165) is 24.2 Å². The topological polar surface area (TPSA) is 61.4 Å². The summed E-state index contributed by atoms with van der Waals surface area (Å²) in [6.45, 7) is 2.84. The lowest BCUT2D eigenvalue weighted by molar-refractivity contribution is -0.123. The van der Waals surface area contributed by atoms with Crippen molar-refractivity contribution in [2.45, 2.75) is 24.9 Å². The number of amides is 1. The van der Waals surface area contributed by atoms with Crippen LogP contribution in [0.3, 0.4) is 0 Å². The fourth-order valence-electron chi connectivity index (χ4n) is 2.50. The Morgan fingerprint density at radius 3 is 3.05 bits per heavy atom. The third-order valence-electron chi connectivity index (χ3n) is 3.50. The highest BCUT2D eigenvalue weighted by molar-refractivity contribution is 7.98. The van der Waals surface area contributed by atoms with Crippen molar-refractivity contribution >= 4 is 23.4 Å². The van der Waals surface area contributed by atoms with E-state index in [1.165, 1.54) is 0 Å². The lowest BCUT2D eigenvalue weighted by Crippen LogP contribution is -2.44. The van der Waals surface area contributed by atoms with Gasteiger partial charge in [-0.3, -0.25) is 4.79 Å². The summed E-state index contributed by atoms with van der Waals surface area (Å²) in [5.41, 5.74) is 1.22. The number of anilines is 1. The lowest BCUT2D eigenvalue weighted by Gasteiger charge is -2.28. The molecule has 1 amide bonds. The second-order valence-corrected chi connectivity index (χ2v) is 6.37. The molecule has 2 unspecified atom stereocenters. The maximum Gasteiger partial charge on any atom is 0.227 e. The number of para-hydroxylation sites is 1. The average Bonchev–Trinajstić information content (AvgIpc) is 2.44. The zero-order chi connectivity index (χ0) is 14.6. The minimum atomic E-state index is -0.860. The molecule has 0 aromatic heterocycles. The maximum atomic E-state index is 12.4. The van der Waals surface area contributed by atoms with Crippen molar-refractivity contribution in [3.63, 3.8) is 0 Å². The van der Waals surface area contributed by atoms with E-state index in [2.05, 4.69) is 10.6 Å². The first-order valence-corrected chi connectivity index (χ1v) is 8.25.